The van der Waals surface area contributed by atoms with Crippen molar-refractivity contribution >= 4 is 37.7 Å². The van der Waals surface area contributed by atoms with Gasteiger partial charge in [0, 0.05) is 54.5 Å². The molecule has 8 heavy (non-hydrogen) atoms. The molecular weight excluding hydrogens is 192 g/mol. The summed E-state index contributed by atoms with van der Waals surface area (Å²) in [6.07, 6.45) is 0. The van der Waals surface area contributed by atoms with E-state index in [4.69, 9.17) is 16.0 Å². The van der Waals surface area contributed by atoms with Gasteiger partial charge in [0.05, 0.1) is 0 Å². The van der Waals surface area contributed by atoms with Crippen LogP contribution in [0.15, 0.2) is 0 Å². The zero-order valence-corrected chi connectivity index (χ0v) is 6.64. The monoisotopic (exact) mass is 194 g/mol. The molecule has 44 valence electrons. The fraction of sp³-hybridized carbons (Fsp3) is 0. The maximum absolute atomic E-state index is 8.80. The molecule has 0 fully saturated rings. The Morgan fingerprint density at radius 2 is 1.00 bits per heavy atom. The van der Waals surface area contributed by atoms with Crippen molar-refractivity contribution in [3.05, 3.63) is 0 Å². The topological polar surface area (TPSA) is 74.6 Å². The Kier molecular flexibility index (Phi) is 24.7. The summed E-state index contributed by atoms with van der Waals surface area (Å²) in [6.45, 7) is 0. The Balaban J connectivity index is -0.0000000267. The van der Waals surface area contributed by atoms with Crippen LogP contribution >= 0.6 is 0 Å². The van der Waals surface area contributed by atoms with Crippen molar-refractivity contribution in [2.45, 2.75) is 0 Å². The molecule has 2 N–H and O–H groups in total. The molecule has 4 nitrogen and oxygen atoms in total. The molecule has 3 radical (unpaired) electrons. The first-order valence-corrected chi connectivity index (χ1v) is 2.67. The SMILES string of the molecule is [Co].[Li].[Li].[O]=[Mn](=[O])([OH])[OH]. The van der Waals surface area contributed by atoms with Gasteiger partial charge in [0.2, 0.25) is 0 Å². The molecule has 0 aromatic carbocycles. The number of hydrogen-bond donors (Lipinski definition) is 2. The van der Waals surface area contributed by atoms with E-state index in [0.29, 0.717) is 0 Å². The van der Waals surface area contributed by atoms with Gasteiger partial charge in [-0.05, 0) is 0 Å². The summed E-state index contributed by atoms with van der Waals surface area (Å²) in [5.41, 5.74) is 0. The molecule has 0 aliphatic carbocycles. The summed E-state index contributed by atoms with van der Waals surface area (Å²) in [5, 5.41) is 0. The molecule has 0 unspecified atom stereocenters. The van der Waals surface area contributed by atoms with Gasteiger partial charge in [-0.3, -0.25) is 0 Å². The molecular formula is H2CoLi2MnO4. The first kappa shape index (κ1) is 22.6. The molecule has 0 saturated carbocycles. The van der Waals surface area contributed by atoms with Crippen molar-refractivity contribution in [1.29, 1.82) is 0 Å². The van der Waals surface area contributed by atoms with Gasteiger partial charge in [-0.2, -0.15) is 0 Å². The Hall–Kier alpha value is 1.74. The first-order chi connectivity index (χ1) is 2.00. The van der Waals surface area contributed by atoms with Crippen LogP contribution in [0.1, 0.15) is 0 Å². The summed E-state index contributed by atoms with van der Waals surface area (Å²) in [7, 11) is 0. The fourth-order valence-electron chi connectivity index (χ4n) is 0. The van der Waals surface area contributed by atoms with Gasteiger partial charge in [0.15, 0.2) is 0 Å². The van der Waals surface area contributed by atoms with Crippen molar-refractivity contribution in [3.8, 4) is 0 Å². The Labute approximate surface area is 83.2 Å². The van der Waals surface area contributed by atoms with E-state index in [-0.39, 0.29) is 54.5 Å². The van der Waals surface area contributed by atoms with E-state index in [9.17, 15) is 0 Å². The third-order valence-electron chi connectivity index (χ3n) is 0. The van der Waals surface area contributed by atoms with Crippen LogP contribution in [-0.4, -0.2) is 46.1 Å². The van der Waals surface area contributed by atoms with Gasteiger partial charge in [-0.25, -0.2) is 0 Å². The Morgan fingerprint density at radius 3 is 1.00 bits per heavy atom. The van der Waals surface area contributed by atoms with Crippen LogP contribution in [0.25, 0.3) is 0 Å². The molecule has 0 aromatic heterocycles. The van der Waals surface area contributed by atoms with Crippen LogP contribution in [0, 0.1) is 0 Å². The van der Waals surface area contributed by atoms with Crippen LogP contribution in [0.3, 0.4) is 0 Å². The van der Waals surface area contributed by atoms with E-state index in [1.54, 1.807) is 0 Å². The number of hydrogen-bond acceptors (Lipinski definition) is 2. The van der Waals surface area contributed by atoms with Gasteiger partial charge in [-0.1, -0.05) is 0 Å². The van der Waals surface area contributed by atoms with Crippen LogP contribution in [0.4, 0.5) is 0 Å². The van der Waals surface area contributed by atoms with E-state index < -0.39 is 13.4 Å². The van der Waals surface area contributed by atoms with E-state index in [1.807, 2.05) is 0 Å². The second kappa shape index (κ2) is 8.74. The maximum atomic E-state index is 8.80. The van der Waals surface area contributed by atoms with Crippen LogP contribution in [0.5, 0.6) is 0 Å². The summed E-state index contributed by atoms with van der Waals surface area (Å²) in [6, 6.07) is 0. The second-order valence-corrected chi connectivity index (χ2v) is 1.71. The first-order valence-electron chi connectivity index (χ1n) is 0.647. The van der Waals surface area contributed by atoms with Crippen LogP contribution in [0.2, 0.25) is 0 Å². The third kappa shape index (κ3) is 116. The molecule has 0 spiro atoms. The third-order valence-corrected chi connectivity index (χ3v) is 0. The van der Waals surface area contributed by atoms with E-state index in [0.717, 1.165) is 0 Å². The minimum atomic E-state index is -5.12. The fourth-order valence-corrected chi connectivity index (χ4v) is 0. The van der Waals surface area contributed by atoms with Crippen molar-refractivity contribution in [1.82, 2.24) is 0 Å². The van der Waals surface area contributed by atoms with Crippen LogP contribution in [-0.2, 0) is 37.8 Å². The molecule has 0 bridgehead atoms. The van der Waals surface area contributed by atoms with Gasteiger partial charge >= 0.3 is 29.4 Å². The summed E-state index contributed by atoms with van der Waals surface area (Å²) in [5.74, 6) is 0. The number of rotatable bonds is 0. The molecule has 0 rings (SSSR count). The molecule has 0 aliphatic rings. The van der Waals surface area contributed by atoms with Gasteiger partial charge in [0.25, 0.3) is 0 Å². The normalized spacial score (nSPS) is 7.25. The van der Waals surface area contributed by atoms with Crippen molar-refractivity contribution < 1.29 is 46.2 Å². The zero-order chi connectivity index (χ0) is 4.50. The predicted octanol–water partition coefficient (Wildman–Crippen LogP) is -2.12. The summed E-state index contributed by atoms with van der Waals surface area (Å²) >= 11 is -5.12. The van der Waals surface area contributed by atoms with E-state index in [1.165, 1.54) is 0 Å². The van der Waals surface area contributed by atoms with E-state index in [2.05, 4.69) is 0 Å². The molecule has 8 heteroatoms. The second-order valence-electron chi connectivity index (χ2n) is 0.415. The predicted molar refractivity (Wildman–Crippen MR) is 17.3 cm³/mol. The molecule has 0 aromatic rings. The van der Waals surface area contributed by atoms with Gasteiger partial charge in [-0.15, -0.1) is 0 Å². The average Bonchev–Trinajstić information content (AvgIpc) is 0.722. The molecule has 0 atom stereocenters. The summed E-state index contributed by atoms with van der Waals surface area (Å²) in [4.78, 5) is 0. The Bertz CT molecular complexity index is 97.2. The summed E-state index contributed by atoms with van der Waals surface area (Å²) < 4.78 is 31.8. The molecule has 0 amide bonds. The standard InChI is InChI=1S/Co.2Li.Mn.2H2O.2O/h;;;;2*1H2;;/q;;;+2;;;;/p-2. The van der Waals surface area contributed by atoms with Crippen molar-refractivity contribution in [3.63, 3.8) is 0 Å². The minimum absolute atomic E-state index is 0. The molecule has 0 heterocycles. The zero-order valence-electron chi connectivity index (χ0n) is 4.42. The quantitative estimate of drug-likeness (QED) is 0.432. The van der Waals surface area contributed by atoms with Crippen LogP contribution < -0.4 is 0 Å². The molecule has 0 saturated heterocycles. The van der Waals surface area contributed by atoms with Gasteiger partial charge in [0.1, 0.15) is 0 Å². The van der Waals surface area contributed by atoms with E-state index >= 15 is 0 Å². The Morgan fingerprint density at radius 1 is 1.00 bits per heavy atom. The average molecular weight is 194 g/mol. The van der Waals surface area contributed by atoms with Crippen molar-refractivity contribution in [2.24, 2.45) is 0 Å². The van der Waals surface area contributed by atoms with Gasteiger partial charge < -0.3 is 0 Å². The van der Waals surface area contributed by atoms with Crippen molar-refractivity contribution in [2.75, 3.05) is 0 Å². The molecule has 0 aliphatic heterocycles.